The average Bonchev–Trinajstić information content (AvgIpc) is 2.38. The van der Waals surface area contributed by atoms with Gasteiger partial charge in [-0.05, 0) is 36.6 Å². The highest BCUT2D eigenvalue weighted by Crippen LogP contribution is 2.24. The molecule has 0 heterocycles. The van der Waals surface area contributed by atoms with Gasteiger partial charge in [-0.15, -0.1) is 11.8 Å². The summed E-state index contributed by atoms with van der Waals surface area (Å²) < 4.78 is 10.5. The molecule has 0 aliphatic heterocycles. The summed E-state index contributed by atoms with van der Waals surface area (Å²) in [7, 11) is 3.36. The zero-order valence-electron chi connectivity index (χ0n) is 10.9. The third-order valence-electron chi connectivity index (χ3n) is 2.51. The summed E-state index contributed by atoms with van der Waals surface area (Å²) in [5.74, 6) is 8.10. The molecule has 0 aliphatic rings. The minimum Gasteiger partial charge on any atom is -0.497 e. The maximum Gasteiger partial charge on any atom is 0.122 e. The fourth-order valence-corrected chi connectivity index (χ4v) is 1.58. The number of benzene rings is 1. The van der Waals surface area contributed by atoms with Gasteiger partial charge in [0.15, 0.2) is 0 Å². The molecule has 0 fully saturated rings. The van der Waals surface area contributed by atoms with E-state index in [4.69, 9.17) is 9.47 Å². The Kier molecular flexibility index (Phi) is 6.03. The van der Waals surface area contributed by atoms with E-state index in [9.17, 15) is 0 Å². The number of unbranched alkanes of at least 4 members (excludes halogenated alkanes) is 1. The van der Waals surface area contributed by atoms with Crippen LogP contribution in [-0.2, 0) is 6.42 Å². The van der Waals surface area contributed by atoms with Crippen LogP contribution in [0.15, 0.2) is 18.2 Å². The monoisotopic (exact) mass is 232 g/mol. The first-order valence-corrected chi connectivity index (χ1v) is 5.98. The van der Waals surface area contributed by atoms with Gasteiger partial charge in [-0.3, -0.25) is 0 Å². The normalized spacial score (nSPS) is 9.35. The van der Waals surface area contributed by atoms with Crippen molar-refractivity contribution in [3.8, 4) is 23.3 Å². The van der Waals surface area contributed by atoms with Gasteiger partial charge in [0.1, 0.15) is 11.5 Å². The molecule has 2 heteroatoms. The quantitative estimate of drug-likeness (QED) is 0.724. The zero-order chi connectivity index (χ0) is 12.5. The zero-order valence-corrected chi connectivity index (χ0v) is 10.9. The number of ether oxygens (including phenoxy) is 2. The summed E-state index contributed by atoms with van der Waals surface area (Å²) in [5.41, 5.74) is 1.15. The van der Waals surface area contributed by atoms with E-state index in [1.165, 1.54) is 0 Å². The van der Waals surface area contributed by atoms with Crippen molar-refractivity contribution in [1.82, 2.24) is 0 Å². The molecule has 0 saturated carbocycles. The van der Waals surface area contributed by atoms with E-state index in [-0.39, 0.29) is 0 Å². The summed E-state index contributed by atoms with van der Waals surface area (Å²) in [6.07, 6.45) is 3.87. The molecule has 0 radical (unpaired) electrons. The molecule has 17 heavy (non-hydrogen) atoms. The van der Waals surface area contributed by atoms with Crippen molar-refractivity contribution in [2.45, 2.75) is 32.6 Å². The lowest BCUT2D eigenvalue weighted by Gasteiger charge is -2.08. The fraction of sp³-hybridized carbons (Fsp3) is 0.467. The third-order valence-corrected chi connectivity index (χ3v) is 2.51. The molecule has 0 N–H and O–H groups in total. The Morgan fingerprint density at radius 3 is 2.47 bits per heavy atom. The van der Waals surface area contributed by atoms with Gasteiger partial charge in [0, 0.05) is 12.8 Å². The van der Waals surface area contributed by atoms with E-state index >= 15 is 0 Å². The summed E-state index contributed by atoms with van der Waals surface area (Å²) in [6, 6.07) is 5.86. The van der Waals surface area contributed by atoms with Gasteiger partial charge < -0.3 is 9.47 Å². The lowest BCUT2D eigenvalue weighted by Crippen LogP contribution is -1.93. The Hall–Kier alpha value is -1.62. The highest BCUT2D eigenvalue weighted by atomic mass is 16.5. The van der Waals surface area contributed by atoms with E-state index in [0.29, 0.717) is 0 Å². The lowest BCUT2D eigenvalue weighted by molar-refractivity contribution is 0.399. The van der Waals surface area contributed by atoms with Crippen LogP contribution >= 0.6 is 0 Å². The van der Waals surface area contributed by atoms with E-state index in [1.54, 1.807) is 14.2 Å². The van der Waals surface area contributed by atoms with E-state index in [0.717, 1.165) is 42.7 Å². The average molecular weight is 232 g/mol. The van der Waals surface area contributed by atoms with Crippen molar-refractivity contribution in [1.29, 1.82) is 0 Å². The Morgan fingerprint density at radius 2 is 1.82 bits per heavy atom. The molecule has 0 saturated heterocycles. The van der Waals surface area contributed by atoms with Crippen LogP contribution in [0.4, 0.5) is 0 Å². The van der Waals surface area contributed by atoms with Crippen molar-refractivity contribution in [2.75, 3.05) is 14.2 Å². The highest BCUT2D eigenvalue weighted by Gasteiger charge is 2.03. The lowest BCUT2D eigenvalue weighted by atomic mass is 10.1. The van der Waals surface area contributed by atoms with E-state index in [1.807, 2.05) is 18.2 Å². The van der Waals surface area contributed by atoms with Gasteiger partial charge in [0.25, 0.3) is 0 Å². The second-order valence-electron chi connectivity index (χ2n) is 3.78. The molecule has 0 bridgehead atoms. The van der Waals surface area contributed by atoms with Crippen LogP contribution < -0.4 is 9.47 Å². The minimum atomic E-state index is 0.863. The summed E-state index contributed by atoms with van der Waals surface area (Å²) >= 11 is 0. The van der Waals surface area contributed by atoms with Crippen molar-refractivity contribution in [3.05, 3.63) is 23.8 Å². The maximum atomic E-state index is 5.32. The van der Waals surface area contributed by atoms with Gasteiger partial charge in [0.05, 0.1) is 14.2 Å². The standard InChI is InChI=1S/C15H20O2/c1-4-5-6-7-8-9-13-12-14(16-2)10-11-15(13)17-3/h10-12H,4-5,8-9H2,1-3H3. The second-order valence-corrected chi connectivity index (χ2v) is 3.78. The number of methoxy groups -OCH3 is 2. The topological polar surface area (TPSA) is 18.5 Å². The van der Waals surface area contributed by atoms with Crippen molar-refractivity contribution >= 4 is 0 Å². The fourth-order valence-electron chi connectivity index (χ4n) is 1.58. The van der Waals surface area contributed by atoms with E-state index < -0.39 is 0 Å². The van der Waals surface area contributed by atoms with Crippen LogP contribution in [0.5, 0.6) is 11.5 Å². The Bertz CT molecular complexity index is 399. The van der Waals surface area contributed by atoms with E-state index in [2.05, 4.69) is 18.8 Å². The van der Waals surface area contributed by atoms with Gasteiger partial charge in [-0.2, -0.15) is 0 Å². The van der Waals surface area contributed by atoms with Gasteiger partial charge >= 0.3 is 0 Å². The van der Waals surface area contributed by atoms with Crippen LogP contribution in [0.1, 0.15) is 31.7 Å². The minimum absolute atomic E-state index is 0.863. The molecular formula is C15H20O2. The SMILES string of the molecule is CCCC#CCCc1cc(OC)ccc1OC. The smallest absolute Gasteiger partial charge is 0.122 e. The number of hydrogen-bond donors (Lipinski definition) is 0. The maximum absolute atomic E-state index is 5.32. The number of aryl methyl sites for hydroxylation is 1. The first-order valence-electron chi connectivity index (χ1n) is 5.98. The predicted octanol–water partition coefficient (Wildman–Crippen LogP) is 3.44. The first-order chi connectivity index (χ1) is 8.31. The van der Waals surface area contributed by atoms with Crippen LogP contribution in [-0.4, -0.2) is 14.2 Å². The Balaban J connectivity index is 2.65. The Morgan fingerprint density at radius 1 is 1.06 bits per heavy atom. The second kappa shape index (κ2) is 7.62. The predicted molar refractivity (Wildman–Crippen MR) is 70.6 cm³/mol. The molecule has 0 aliphatic carbocycles. The summed E-state index contributed by atoms with van der Waals surface area (Å²) in [6.45, 7) is 2.14. The molecule has 1 rings (SSSR count). The van der Waals surface area contributed by atoms with Crippen molar-refractivity contribution in [2.24, 2.45) is 0 Å². The highest BCUT2D eigenvalue weighted by molar-refractivity contribution is 5.40. The molecule has 0 amide bonds. The number of rotatable bonds is 5. The Labute approximate surface area is 104 Å². The van der Waals surface area contributed by atoms with Gasteiger partial charge in [-0.1, -0.05) is 6.92 Å². The van der Waals surface area contributed by atoms with Crippen LogP contribution in [0.3, 0.4) is 0 Å². The van der Waals surface area contributed by atoms with Crippen molar-refractivity contribution < 1.29 is 9.47 Å². The third kappa shape index (κ3) is 4.40. The molecule has 0 spiro atoms. The van der Waals surface area contributed by atoms with Crippen LogP contribution in [0, 0.1) is 11.8 Å². The summed E-state index contributed by atoms with van der Waals surface area (Å²) in [4.78, 5) is 0. The van der Waals surface area contributed by atoms with Crippen LogP contribution in [0.2, 0.25) is 0 Å². The first kappa shape index (κ1) is 13.4. The number of hydrogen-bond acceptors (Lipinski definition) is 2. The molecule has 0 atom stereocenters. The van der Waals surface area contributed by atoms with Crippen molar-refractivity contribution in [3.63, 3.8) is 0 Å². The molecule has 1 aromatic carbocycles. The van der Waals surface area contributed by atoms with Gasteiger partial charge in [-0.25, -0.2) is 0 Å². The molecule has 2 nitrogen and oxygen atoms in total. The molecule has 1 aromatic rings. The molecule has 0 aromatic heterocycles. The molecular weight excluding hydrogens is 212 g/mol. The van der Waals surface area contributed by atoms with Gasteiger partial charge in [0.2, 0.25) is 0 Å². The summed E-state index contributed by atoms with van der Waals surface area (Å²) in [5, 5.41) is 0. The van der Waals surface area contributed by atoms with Crippen LogP contribution in [0.25, 0.3) is 0 Å². The molecule has 0 unspecified atom stereocenters. The molecule has 92 valence electrons. The largest absolute Gasteiger partial charge is 0.497 e.